The van der Waals surface area contributed by atoms with Crippen LogP contribution in [0.2, 0.25) is 0 Å². The van der Waals surface area contributed by atoms with Crippen molar-refractivity contribution >= 4 is 0 Å². The SMILES string of the molecule is CC(CNC(C)C)CN(C)CC(F)(F)F. The Balaban J connectivity index is 3.71. The molecule has 15 heavy (non-hydrogen) atoms. The number of nitrogens with zero attached hydrogens (tertiary/aromatic N) is 1. The van der Waals surface area contributed by atoms with Gasteiger partial charge in [0.05, 0.1) is 6.54 Å². The van der Waals surface area contributed by atoms with Gasteiger partial charge in [0, 0.05) is 12.6 Å². The zero-order valence-corrected chi connectivity index (χ0v) is 9.86. The topological polar surface area (TPSA) is 15.3 Å². The van der Waals surface area contributed by atoms with E-state index in [2.05, 4.69) is 5.32 Å². The minimum Gasteiger partial charge on any atom is -0.314 e. The van der Waals surface area contributed by atoms with Crippen LogP contribution in [0.4, 0.5) is 13.2 Å². The zero-order chi connectivity index (χ0) is 12.1. The molecular formula is C10H21F3N2. The summed E-state index contributed by atoms with van der Waals surface area (Å²) in [6, 6.07) is 0.375. The average molecular weight is 226 g/mol. The van der Waals surface area contributed by atoms with Crippen molar-refractivity contribution < 1.29 is 13.2 Å². The summed E-state index contributed by atoms with van der Waals surface area (Å²) in [4.78, 5) is 1.31. The van der Waals surface area contributed by atoms with E-state index in [9.17, 15) is 13.2 Å². The van der Waals surface area contributed by atoms with Crippen molar-refractivity contribution in [3.05, 3.63) is 0 Å². The first-order valence-corrected chi connectivity index (χ1v) is 5.19. The largest absolute Gasteiger partial charge is 0.401 e. The number of alkyl halides is 3. The predicted molar refractivity (Wildman–Crippen MR) is 55.9 cm³/mol. The van der Waals surface area contributed by atoms with Gasteiger partial charge in [0.2, 0.25) is 0 Å². The quantitative estimate of drug-likeness (QED) is 0.746. The molecule has 0 aromatic rings. The van der Waals surface area contributed by atoms with E-state index in [0.29, 0.717) is 12.6 Å². The summed E-state index contributed by atoms with van der Waals surface area (Å²) < 4.78 is 36.0. The third-order valence-corrected chi connectivity index (χ3v) is 1.95. The highest BCUT2D eigenvalue weighted by molar-refractivity contribution is 4.66. The predicted octanol–water partition coefficient (Wildman–Crippen LogP) is 2.11. The molecule has 1 unspecified atom stereocenters. The molecule has 0 spiro atoms. The molecule has 0 amide bonds. The fraction of sp³-hybridized carbons (Fsp3) is 1.00. The summed E-state index contributed by atoms with van der Waals surface area (Å²) in [7, 11) is 1.50. The molecule has 0 aromatic carbocycles. The monoisotopic (exact) mass is 226 g/mol. The van der Waals surface area contributed by atoms with E-state index in [1.165, 1.54) is 11.9 Å². The van der Waals surface area contributed by atoms with Gasteiger partial charge in [-0.15, -0.1) is 0 Å². The molecule has 0 bridgehead atoms. The minimum atomic E-state index is -4.10. The van der Waals surface area contributed by atoms with Crippen LogP contribution in [0, 0.1) is 5.92 Å². The van der Waals surface area contributed by atoms with E-state index in [0.717, 1.165) is 6.54 Å². The van der Waals surface area contributed by atoms with E-state index < -0.39 is 12.7 Å². The molecule has 2 nitrogen and oxygen atoms in total. The van der Waals surface area contributed by atoms with Crippen molar-refractivity contribution in [3.8, 4) is 0 Å². The van der Waals surface area contributed by atoms with Crippen LogP contribution in [0.3, 0.4) is 0 Å². The minimum absolute atomic E-state index is 0.222. The lowest BCUT2D eigenvalue weighted by Crippen LogP contribution is -2.37. The Bertz CT molecular complexity index is 169. The Morgan fingerprint density at radius 1 is 1.20 bits per heavy atom. The molecule has 0 aliphatic rings. The first kappa shape index (κ1) is 14.7. The molecule has 1 N–H and O–H groups in total. The summed E-state index contributed by atoms with van der Waals surface area (Å²) >= 11 is 0. The van der Waals surface area contributed by atoms with Gasteiger partial charge in [0.25, 0.3) is 0 Å². The Morgan fingerprint density at radius 3 is 2.13 bits per heavy atom. The van der Waals surface area contributed by atoms with E-state index in [-0.39, 0.29) is 5.92 Å². The van der Waals surface area contributed by atoms with E-state index in [1.807, 2.05) is 20.8 Å². The maximum absolute atomic E-state index is 12.0. The molecule has 0 saturated heterocycles. The van der Waals surface area contributed by atoms with Crippen LogP contribution in [0.25, 0.3) is 0 Å². The Hall–Kier alpha value is -0.290. The van der Waals surface area contributed by atoms with Gasteiger partial charge in [-0.1, -0.05) is 20.8 Å². The fourth-order valence-electron chi connectivity index (χ4n) is 1.40. The van der Waals surface area contributed by atoms with Crippen molar-refractivity contribution in [2.45, 2.75) is 33.0 Å². The summed E-state index contributed by atoms with van der Waals surface area (Å²) in [5.41, 5.74) is 0. The first-order chi connectivity index (χ1) is 6.70. The van der Waals surface area contributed by atoms with Gasteiger partial charge < -0.3 is 5.32 Å². The number of hydrogen-bond acceptors (Lipinski definition) is 2. The Kier molecular flexibility index (Phi) is 6.20. The fourth-order valence-corrected chi connectivity index (χ4v) is 1.40. The third kappa shape index (κ3) is 10.0. The summed E-state index contributed by atoms with van der Waals surface area (Å²) in [6.07, 6.45) is -4.10. The van der Waals surface area contributed by atoms with Crippen LogP contribution in [-0.4, -0.2) is 43.8 Å². The van der Waals surface area contributed by atoms with Crippen LogP contribution in [0.15, 0.2) is 0 Å². The van der Waals surface area contributed by atoms with Crippen LogP contribution in [0.5, 0.6) is 0 Å². The molecule has 0 radical (unpaired) electrons. The molecule has 0 fully saturated rings. The Labute approximate surface area is 89.8 Å². The summed E-state index contributed by atoms with van der Waals surface area (Å²) in [6.45, 7) is 6.36. The molecule has 1 atom stereocenters. The van der Waals surface area contributed by atoms with E-state index in [4.69, 9.17) is 0 Å². The number of halogens is 3. The smallest absolute Gasteiger partial charge is 0.314 e. The molecule has 0 heterocycles. The van der Waals surface area contributed by atoms with Gasteiger partial charge in [-0.25, -0.2) is 0 Å². The van der Waals surface area contributed by atoms with Crippen LogP contribution < -0.4 is 5.32 Å². The second-order valence-corrected chi connectivity index (χ2v) is 4.48. The molecule has 0 aliphatic heterocycles. The van der Waals surface area contributed by atoms with Gasteiger partial charge in [0.1, 0.15) is 0 Å². The van der Waals surface area contributed by atoms with Crippen molar-refractivity contribution in [2.75, 3.05) is 26.7 Å². The molecule has 92 valence electrons. The number of hydrogen-bond donors (Lipinski definition) is 1. The molecular weight excluding hydrogens is 205 g/mol. The first-order valence-electron chi connectivity index (χ1n) is 5.19. The molecule has 5 heteroatoms. The zero-order valence-electron chi connectivity index (χ0n) is 9.86. The highest BCUT2D eigenvalue weighted by atomic mass is 19.4. The number of rotatable bonds is 6. The lowest BCUT2D eigenvalue weighted by molar-refractivity contribution is -0.143. The van der Waals surface area contributed by atoms with Gasteiger partial charge >= 0.3 is 6.18 Å². The van der Waals surface area contributed by atoms with Crippen LogP contribution in [0.1, 0.15) is 20.8 Å². The molecule has 0 aliphatic carbocycles. The maximum Gasteiger partial charge on any atom is 0.401 e. The van der Waals surface area contributed by atoms with Crippen LogP contribution >= 0.6 is 0 Å². The van der Waals surface area contributed by atoms with Gasteiger partial charge in [-0.3, -0.25) is 4.90 Å². The third-order valence-electron chi connectivity index (χ3n) is 1.95. The highest BCUT2D eigenvalue weighted by Gasteiger charge is 2.29. The summed E-state index contributed by atoms with van der Waals surface area (Å²) in [5, 5.41) is 3.21. The van der Waals surface area contributed by atoms with Crippen molar-refractivity contribution in [3.63, 3.8) is 0 Å². The molecule has 0 rings (SSSR count). The van der Waals surface area contributed by atoms with Crippen molar-refractivity contribution in [1.82, 2.24) is 10.2 Å². The second kappa shape index (κ2) is 6.33. The van der Waals surface area contributed by atoms with E-state index in [1.54, 1.807) is 0 Å². The van der Waals surface area contributed by atoms with Gasteiger partial charge in [-0.05, 0) is 19.5 Å². The Morgan fingerprint density at radius 2 is 1.73 bits per heavy atom. The van der Waals surface area contributed by atoms with Crippen LogP contribution in [-0.2, 0) is 0 Å². The second-order valence-electron chi connectivity index (χ2n) is 4.48. The lowest BCUT2D eigenvalue weighted by Gasteiger charge is -2.23. The maximum atomic E-state index is 12.0. The molecule has 0 saturated carbocycles. The molecule has 0 aromatic heterocycles. The average Bonchev–Trinajstić information content (AvgIpc) is 1.96. The van der Waals surface area contributed by atoms with Crippen molar-refractivity contribution in [1.29, 1.82) is 0 Å². The van der Waals surface area contributed by atoms with Gasteiger partial charge in [-0.2, -0.15) is 13.2 Å². The standard InChI is InChI=1S/C10H21F3N2/c1-8(2)14-5-9(3)6-15(4)7-10(11,12)13/h8-9,14H,5-7H2,1-4H3. The normalized spacial score (nSPS) is 15.0. The van der Waals surface area contributed by atoms with Gasteiger partial charge in [0.15, 0.2) is 0 Å². The summed E-state index contributed by atoms with van der Waals surface area (Å²) in [5.74, 6) is 0.222. The highest BCUT2D eigenvalue weighted by Crippen LogP contribution is 2.16. The van der Waals surface area contributed by atoms with E-state index >= 15 is 0 Å². The number of nitrogens with one attached hydrogen (secondary N) is 1. The lowest BCUT2D eigenvalue weighted by atomic mass is 10.1. The van der Waals surface area contributed by atoms with Crippen molar-refractivity contribution in [2.24, 2.45) is 5.92 Å².